The number of urea groups is 1. The Hall–Kier alpha value is -2.76. The Kier molecular flexibility index (Phi) is 5.38. The molecule has 3 rings (SSSR count). The number of hydrogen-bond donors (Lipinski definition) is 1. The summed E-state index contributed by atoms with van der Waals surface area (Å²) in [4.78, 5) is 13.7. The van der Waals surface area contributed by atoms with E-state index in [1.807, 2.05) is 25.1 Å². The summed E-state index contributed by atoms with van der Waals surface area (Å²) in [5.74, 6) is 0.702. The topological polar surface area (TPSA) is 63.3 Å². The molecule has 0 saturated carbocycles. The molecule has 2 aromatic heterocycles. The first kappa shape index (κ1) is 17.1. The number of carbonyl (C=O) groups is 1. The highest BCUT2D eigenvalue weighted by atomic mass is 16.5. The minimum Gasteiger partial charge on any atom is -0.359 e. The largest absolute Gasteiger partial charge is 0.359 e. The second-order valence-corrected chi connectivity index (χ2v) is 6.15. The van der Waals surface area contributed by atoms with Crippen LogP contribution in [0.3, 0.4) is 0 Å². The van der Waals surface area contributed by atoms with Gasteiger partial charge in [0, 0.05) is 37.9 Å². The van der Waals surface area contributed by atoms with Crippen molar-refractivity contribution in [3.05, 3.63) is 54.0 Å². The van der Waals surface area contributed by atoms with Gasteiger partial charge in [0.15, 0.2) is 5.76 Å². The molecular formula is C19H24N4O2. The van der Waals surface area contributed by atoms with Crippen LogP contribution in [0.25, 0.3) is 10.9 Å². The number of carbonyl (C=O) groups excluding carboxylic acids is 1. The molecule has 6 heteroatoms. The lowest BCUT2D eigenvalue weighted by Gasteiger charge is -2.16. The van der Waals surface area contributed by atoms with Gasteiger partial charge in [-0.25, -0.2) is 4.79 Å². The molecule has 1 N–H and O–H groups in total. The first-order chi connectivity index (χ1) is 12.2. The average Bonchev–Trinajstić information content (AvgIpc) is 3.25. The molecule has 0 aliphatic heterocycles. The fourth-order valence-corrected chi connectivity index (χ4v) is 2.82. The molecule has 132 valence electrons. The van der Waals surface area contributed by atoms with Crippen molar-refractivity contribution in [3.63, 3.8) is 0 Å². The van der Waals surface area contributed by atoms with Gasteiger partial charge in [-0.3, -0.25) is 0 Å². The Morgan fingerprint density at radius 2 is 2.16 bits per heavy atom. The van der Waals surface area contributed by atoms with Crippen LogP contribution in [0.5, 0.6) is 0 Å². The number of amides is 2. The van der Waals surface area contributed by atoms with Crippen molar-refractivity contribution in [2.45, 2.75) is 32.9 Å². The molecule has 0 bridgehead atoms. The molecule has 0 radical (unpaired) electrons. The molecule has 3 aromatic rings. The van der Waals surface area contributed by atoms with Crippen LogP contribution < -0.4 is 5.32 Å². The second-order valence-electron chi connectivity index (χ2n) is 6.15. The third-order valence-electron chi connectivity index (χ3n) is 4.24. The second kappa shape index (κ2) is 7.88. The number of benzene rings is 1. The highest BCUT2D eigenvalue weighted by Crippen LogP contribution is 2.15. The molecule has 25 heavy (non-hydrogen) atoms. The van der Waals surface area contributed by atoms with Crippen LogP contribution in [0, 0.1) is 0 Å². The van der Waals surface area contributed by atoms with Gasteiger partial charge in [-0.1, -0.05) is 30.3 Å². The standard InChI is InChI=1S/C19H24N4O2/c1-3-16-13-17(25-21-16)14-22(2)19(24)20-10-6-11-23-12-9-15-7-4-5-8-18(15)23/h4-5,7-9,12-13H,3,6,10-11,14H2,1-2H3,(H,20,24). The lowest BCUT2D eigenvalue weighted by atomic mass is 10.2. The van der Waals surface area contributed by atoms with Crippen LogP contribution in [0.2, 0.25) is 0 Å². The van der Waals surface area contributed by atoms with Crippen molar-refractivity contribution >= 4 is 16.9 Å². The lowest BCUT2D eigenvalue weighted by molar-refractivity contribution is 0.200. The van der Waals surface area contributed by atoms with E-state index in [0.29, 0.717) is 18.8 Å². The highest BCUT2D eigenvalue weighted by molar-refractivity contribution is 5.79. The van der Waals surface area contributed by atoms with Crippen molar-refractivity contribution < 1.29 is 9.32 Å². The van der Waals surface area contributed by atoms with Gasteiger partial charge in [-0.15, -0.1) is 0 Å². The maximum Gasteiger partial charge on any atom is 0.317 e. The molecule has 0 aliphatic rings. The van der Waals surface area contributed by atoms with Gasteiger partial charge in [0.25, 0.3) is 0 Å². The summed E-state index contributed by atoms with van der Waals surface area (Å²) < 4.78 is 7.43. The number of aromatic nitrogens is 2. The first-order valence-electron chi connectivity index (χ1n) is 8.64. The predicted molar refractivity (Wildman–Crippen MR) is 97.3 cm³/mol. The summed E-state index contributed by atoms with van der Waals surface area (Å²) in [5.41, 5.74) is 2.13. The quantitative estimate of drug-likeness (QED) is 0.670. The summed E-state index contributed by atoms with van der Waals surface area (Å²) >= 11 is 0. The van der Waals surface area contributed by atoms with E-state index >= 15 is 0 Å². The minimum atomic E-state index is -0.105. The van der Waals surface area contributed by atoms with Crippen LogP contribution in [0.1, 0.15) is 24.8 Å². The fourth-order valence-electron chi connectivity index (χ4n) is 2.82. The van der Waals surface area contributed by atoms with Gasteiger partial charge in [0.2, 0.25) is 0 Å². The summed E-state index contributed by atoms with van der Waals surface area (Å²) in [6.45, 7) is 3.94. The van der Waals surface area contributed by atoms with E-state index in [1.165, 1.54) is 10.9 Å². The van der Waals surface area contributed by atoms with Crippen LogP contribution in [0.4, 0.5) is 4.79 Å². The summed E-state index contributed by atoms with van der Waals surface area (Å²) in [6, 6.07) is 12.2. The summed E-state index contributed by atoms with van der Waals surface area (Å²) in [6.07, 6.45) is 3.79. The van der Waals surface area contributed by atoms with Crippen molar-refractivity contribution in [1.29, 1.82) is 0 Å². The van der Waals surface area contributed by atoms with Crippen LogP contribution >= 0.6 is 0 Å². The molecule has 0 aliphatic carbocycles. The van der Waals surface area contributed by atoms with E-state index in [9.17, 15) is 4.79 Å². The number of nitrogens with one attached hydrogen (secondary N) is 1. The maximum atomic E-state index is 12.1. The van der Waals surface area contributed by atoms with Gasteiger partial charge in [0.1, 0.15) is 0 Å². The molecule has 2 heterocycles. The number of para-hydroxylation sites is 1. The Labute approximate surface area is 147 Å². The van der Waals surface area contributed by atoms with Crippen molar-refractivity contribution in [3.8, 4) is 0 Å². The molecule has 2 amide bonds. The molecule has 6 nitrogen and oxygen atoms in total. The van der Waals surface area contributed by atoms with E-state index in [0.717, 1.165) is 25.1 Å². The Morgan fingerprint density at radius 3 is 2.96 bits per heavy atom. The third-order valence-corrected chi connectivity index (χ3v) is 4.24. The Bertz CT molecular complexity index is 837. The molecule has 0 unspecified atom stereocenters. The zero-order chi connectivity index (χ0) is 17.6. The molecule has 0 spiro atoms. The van der Waals surface area contributed by atoms with Gasteiger partial charge in [0.05, 0.1) is 12.2 Å². The average molecular weight is 340 g/mol. The molecular weight excluding hydrogens is 316 g/mol. The highest BCUT2D eigenvalue weighted by Gasteiger charge is 2.11. The van der Waals surface area contributed by atoms with E-state index in [4.69, 9.17) is 4.52 Å². The molecule has 0 fully saturated rings. The van der Waals surface area contributed by atoms with Gasteiger partial charge < -0.3 is 19.3 Å². The van der Waals surface area contributed by atoms with Crippen molar-refractivity contribution in [2.24, 2.45) is 0 Å². The fraction of sp³-hybridized carbons (Fsp3) is 0.368. The van der Waals surface area contributed by atoms with Gasteiger partial charge in [-0.05, 0) is 30.4 Å². The number of hydrogen-bond acceptors (Lipinski definition) is 3. The zero-order valence-corrected chi connectivity index (χ0v) is 14.7. The van der Waals surface area contributed by atoms with Crippen LogP contribution in [0.15, 0.2) is 47.1 Å². The predicted octanol–water partition coefficient (Wildman–Crippen LogP) is 3.42. The molecule has 1 aromatic carbocycles. The Morgan fingerprint density at radius 1 is 1.32 bits per heavy atom. The minimum absolute atomic E-state index is 0.105. The van der Waals surface area contributed by atoms with E-state index in [2.05, 4.69) is 39.4 Å². The third kappa shape index (κ3) is 4.21. The normalized spacial score (nSPS) is 11.0. The number of nitrogens with zero attached hydrogens (tertiary/aromatic N) is 3. The van der Waals surface area contributed by atoms with Crippen LogP contribution in [-0.2, 0) is 19.5 Å². The maximum absolute atomic E-state index is 12.1. The number of fused-ring (bicyclic) bond motifs is 1. The van der Waals surface area contributed by atoms with Gasteiger partial charge >= 0.3 is 6.03 Å². The molecule has 0 saturated heterocycles. The lowest BCUT2D eigenvalue weighted by Crippen LogP contribution is -2.37. The molecule has 0 atom stereocenters. The zero-order valence-electron chi connectivity index (χ0n) is 14.7. The summed E-state index contributed by atoms with van der Waals surface area (Å²) in [5, 5.41) is 8.13. The monoisotopic (exact) mass is 340 g/mol. The van der Waals surface area contributed by atoms with Gasteiger partial charge in [-0.2, -0.15) is 0 Å². The van der Waals surface area contributed by atoms with Crippen molar-refractivity contribution in [1.82, 2.24) is 19.9 Å². The summed E-state index contributed by atoms with van der Waals surface area (Å²) in [7, 11) is 1.75. The van der Waals surface area contributed by atoms with Crippen molar-refractivity contribution in [2.75, 3.05) is 13.6 Å². The SMILES string of the molecule is CCc1cc(CN(C)C(=O)NCCCn2ccc3ccccc32)on1. The van der Waals surface area contributed by atoms with Crippen LogP contribution in [-0.4, -0.2) is 34.2 Å². The first-order valence-corrected chi connectivity index (χ1v) is 8.64. The number of rotatable bonds is 7. The van der Waals surface area contributed by atoms with E-state index < -0.39 is 0 Å². The van der Waals surface area contributed by atoms with E-state index in [-0.39, 0.29) is 6.03 Å². The smallest absolute Gasteiger partial charge is 0.317 e. The number of aryl methyl sites for hydroxylation is 2. The van der Waals surface area contributed by atoms with E-state index in [1.54, 1.807) is 11.9 Å². The Balaban J connectivity index is 1.42.